The van der Waals surface area contributed by atoms with Crippen LogP contribution in [0.2, 0.25) is 0 Å². The molecule has 7 nitrogen and oxygen atoms in total. The average molecular weight is 446 g/mol. The maximum Gasteiger partial charge on any atom is 0.267 e. The largest absolute Gasteiger partial charge is 0.361 e. The van der Waals surface area contributed by atoms with Gasteiger partial charge in [0.2, 0.25) is 11.6 Å². The second-order valence-corrected chi connectivity index (χ2v) is 8.98. The van der Waals surface area contributed by atoms with Crippen LogP contribution in [0.1, 0.15) is 41.6 Å². The second-order valence-electron chi connectivity index (χ2n) is 8.98. The first-order valence-corrected chi connectivity index (χ1v) is 11.3. The van der Waals surface area contributed by atoms with Crippen LogP contribution in [0.3, 0.4) is 0 Å². The van der Waals surface area contributed by atoms with Gasteiger partial charge in [-0.05, 0) is 55.2 Å². The molecular formula is C25H23FN4O3. The third-order valence-corrected chi connectivity index (χ3v) is 6.98. The first-order chi connectivity index (χ1) is 16.0. The Balaban J connectivity index is 1.31. The van der Waals surface area contributed by atoms with Gasteiger partial charge in [0.05, 0.1) is 11.3 Å². The summed E-state index contributed by atoms with van der Waals surface area (Å²) in [6, 6.07) is 11.5. The lowest BCUT2D eigenvalue weighted by atomic mass is 9.95. The summed E-state index contributed by atoms with van der Waals surface area (Å²) in [5.74, 6) is -0.996. The van der Waals surface area contributed by atoms with Crippen LogP contribution in [0.25, 0.3) is 10.9 Å². The van der Waals surface area contributed by atoms with Gasteiger partial charge in [-0.25, -0.2) is 4.39 Å². The Morgan fingerprint density at radius 1 is 1.18 bits per heavy atom. The zero-order valence-electron chi connectivity index (χ0n) is 17.9. The summed E-state index contributed by atoms with van der Waals surface area (Å²) < 4.78 is 13.7. The van der Waals surface area contributed by atoms with E-state index in [1.807, 2.05) is 6.20 Å². The molecule has 1 atom stereocenters. The molecule has 8 heteroatoms. The number of anilines is 1. The summed E-state index contributed by atoms with van der Waals surface area (Å²) in [4.78, 5) is 46.5. The van der Waals surface area contributed by atoms with Crippen LogP contribution in [0, 0.1) is 5.82 Å². The molecular weight excluding hydrogens is 423 g/mol. The number of hydrogen-bond acceptors (Lipinski definition) is 3. The van der Waals surface area contributed by atoms with Crippen LogP contribution >= 0.6 is 0 Å². The highest BCUT2D eigenvalue weighted by atomic mass is 19.1. The van der Waals surface area contributed by atoms with Gasteiger partial charge in [-0.1, -0.05) is 12.1 Å². The molecule has 2 aliphatic heterocycles. The fourth-order valence-electron chi connectivity index (χ4n) is 5.35. The quantitative estimate of drug-likeness (QED) is 0.632. The molecule has 0 bridgehead atoms. The number of fused-ring (bicyclic) bond motifs is 4. The molecule has 2 N–H and O–H groups in total. The number of para-hydroxylation sites is 1. The predicted octanol–water partition coefficient (Wildman–Crippen LogP) is 3.11. The van der Waals surface area contributed by atoms with E-state index in [-0.39, 0.29) is 42.4 Å². The molecule has 3 aliphatic rings. The van der Waals surface area contributed by atoms with Gasteiger partial charge >= 0.3 is 0 Å². The van der Waals surface area contributed by atoms with E-state index in [9.17, 15) is 18.8 Å². The molecule has 3 aromatic rings. The monoisotopic (exact) mass is 446 g/mol. The summed E-state index contributed by atoms with van der Waals surface area (Å²) >= 11 is 0. The van der Waals surface area contributed by atoms with Crippen LogP contribution in [0.4, 0.5) is 10.1 Å². The van der Waals surface area contributed by atoms with E-state index >= 15 is 0 Å². The molecule has 168 valence electrons. The van der Waals surface area contributed by atoms with Crippen LogP contribution in [-0.4, -0.2) is 45.9 Å². The van der Waals surface area contributed by atoms with E-state index in [1.165, 1.54) is 12.1 Å². The van der Waals surface area contributed by atoms with E-state index in [1.54, 1.807) is 40.1 Å². The van der Waals surface area contributed by atoms with E-state index in [0.29, 0.717) is 24.2 Å². The van der Waals surface area contributed by atoms with Crippen molar-refractivity contribution in [2.24, 2.45) is 0 Å². The molecule has 1 aliphatic carbocycles. The third kappa shape index (κ3) is 2.90. The highest BCUT2D eigenvalue weighted by Gasteiger charge is 2.63. The average Bonchev–Trinajstić information content (AvgIpc) is 3.48. The summed E-state index contributed by atoms with van der Waals surface area (Å²) in [5, 5.41) is 3.76. The molecule has 1 saturated carbocycles. The first kappa shape index (κ1) is 20.0. The summed E-state index contributed by atoms with van der Waals surface area (Å²) in [7, 11) is 0. The van der Waals surface area contributed by atoms with E-state index in [4.69, 9.17) is 0 Å². The highest BCUT2D eigenvalue weighted by Crippen LogP contribution is 2.48. The van der Waals surface area contributed by atoms with Crippen LogP contribution in [0.5, 0.6) is 0 Å². The molecule has 3 heterocycles. The molecule has 33 heavy (non-hydrogen) atoms. The minimum Gasteiger partial charge on any atom is -0.361 e. The van der Waals surface area contributed by atoms with Gasteiger partial charge in [-0.15, -0.1) is 0 Å². The normalized spacial score (nSPS) is 22.0. The molecule has 2 fully saturated rings. The number of nitrogens with zero attached hydrogens (tertiary/aromatic N) is 2. The van der Waals surface area contributed by atoms with Crippen LogP contribution < -0.4 is 10.2 Å². The van der Waals surface area contributed by atoms with Gasteiger partial charge in [0.25, 0.3) is 11.8 Å². The second kappa shape index (κ2) is 7.16. The number of hydrogen-bond donors (Lipinski definition) is 2. The number of amides is 3. The SMILES string of the molecule is O=C1CC[C@]2(C(=O)NCCc3c[nH]c4ccc(F)cc34)N1c1ccccc1C(=O)N2C1CC1. The highest BCUT2D eigenvalue weighted by molar-refractivity contribution is 6.16. The van der Waals surface area contributed by atoms with Gasteiger partial charge in [0.15, 0.2) is 0 Å². The summed E-state index contributed by atoms with van der Waals surface area (Å²) in [5.41, 5.74) is 1.35. The zero-order valence-corrected chi connectivity index (χ0v) is 17.9. The van der Waals surface area contributed by atoms with E-state index < -0.39 is 5.66 Å². The topological polar surface area (TPSA) is 85.5 Å². The number of halogens is 1. The molecule has 0 unspecified atom stereocenters. The van der Waals surface area contributed by atoms with Crippen molar-refractivity contribution in [3.05, 3.63) is 65.6 Å². The maximum absolute atomic E-state index is 13.7. The smallest absolute Gasteiger partial charge is 0.267 e. The Morgan fingerprint density at radius 3 is 2.82 bits per heavy atom. The Hall–Kier alpha value is -3.68. The number of aromatic amines is 1. The van der Waals surface area contributed by atoms with Gasteiger partial charge in [0, 0.05) is 42.5 Å². The lowest BCUT2D eigenvalue weighted by Gasteiger charge is -2.49. The third-order valence-electron chi connectivity index (χ3n) is 6.98. The van der Waals surface area contributed by atoms with Crippen molar-refractivity contribution in [3.8, 4) is 0 Å². The van der Waals surface area contributed by atoms with Crippen LogP contribution in [-0.2, 0) is 16.0 Å². The molecule has 2 aromatic carbocycles. The van der Waals surface area contributed by atoms with E-state index in [0.717, 1.165) is 29.3 Å². The lowest BCUT2D eigenvalue weighted by molar-refractivity contribution is -0.134. The van der Waals surface area contributed by atoms with Gasteiger partial charge in [-0.2, -0.15) is 0 Å². The number of H-pyrrole nitrogens is 1. The minimum atomic E-state index is -1.34. The number of carbonyl (C=O) groups excluding carboxylic acids is 3. The molecule has 6 rings (SSSR count). The standard InChI is InChI=1S/C25H23FN4O3/c26-16-5-8-20-19(13-16)15(14-28-20)10-12-27-24(33)25-11-9-22(31)30(25)21-4-2-1-3-18(21)23(32)29(25)17-6-7-17/h1-5,8,13-14,17,28H,6-7,9-12H2,(H,27,33)/t25-/m1/s1. The fourth-order valence-corrected chi connectivity index (χ4v) is 5.35. The number of aromatic nitrogens is 1. The minimum absolute atomic E-state index is 0.0402. The van der Waals surface area contributed by atoms with Crippen molar-refractivity contribution < 1.29 is 18.8 Å². The van der Waals surface area contributed by atoms with Crippen molar-refractivity contribution in [2.75, 3.05) is 11.4 Å². The first-order valence-electron chi connectivity index (χ1n) is 11.3. The van der Waals surface area contributed by atoms with E-state index in [2.05, 4.69) is 10.3 Å². The summed E-state index contributed by atoms with van der Waals surface area (Å²) in [6.07, 6.45) is 4.44. The van der Waals surface area contributed by atoms with Gasteiger partial charge in [0.1, 0.15) is 5.82 Å². The number of carbonyl (C=O) groups is 3. The van der Waals surface area contributed by atoms with Crippen molar-refractivity contribution in [1.82, 2.24) is 15.2 Å². The molecule has 0 spiro atoms. The molecule has 1 aromatic heterocycles. The van der Waals surface area contributed by atoms with Crippen molar-refractivity contribution in [2.45, 2.75) is 43.8 Å². The molecule has 3 amide bonds. The summed E-state index contributed by atoms with van der Waals surface area (Å²) in [6.45, 7) is 0.306. The van der Waals surface area contributed by atoms with Crippen molar-refractivity contribution >= 4 is 34.3 Å². The van der Waals surface area contributed by atoms with Gasteiger partial charge < -0.3 is 15.2 Å². The molecule has 0 radical (unpaired) electrons. The number of nitrogens with one attached hydrogen (secondary N) is 2. The van der Waals surface area contributed by atoms with Crippen molar-refractivity contribution in [3.63, 3.8) is 0 Å². The number of benzene rings is 2. The van der Waals surface area contributed by atoms with Crippen molar-refractivity contribution in [1.29, 1.82) is 0 Å². The Kier molecular flexibility index (Phi) is 4.33. The van der Waals surface area contributed by atoms with Crippen LogP contribution in [0.15, 0.2) is 48.7 Å². The predicted molar refractivity (Wildman–Crippen MR) is 120 cm³/mol. The Bertz CT molecular complexity index is 1310. The van der Waals surface area contributed by atoms with Gasteiger partial charge in [-0.3, -0.25) is 19.3 Å². The fraction of sp³-hybridized carbons (Fsp3) is 0.320. The zero-order chi connectivity index (χ0) is 22.7. The Morgan fingerprint density at radius 2 is 2.00 bits per heavy atom. The Labute approximate surface area is 189 Å². The lowest BCUT2D eigenvalue weighted by Crippen LogP contribution is -2.71. The maximum atomic E-state index is 13.7. The number of rotatable bonds is 5. The molecule has 1 saturated heterocycles.